The molecule has 0 amide bonds. The molecule has 138 valence electrons. The van der Waals surface area contributed by atoms with Crippen molar-refractivity contribution in [1.29, 1.82) is 0 Å². The molecule has 1 saturated carbocycles. The molecule has 25 heavy (non-hydrogen) atoms. The van der Waals surface area contributed by atoms with Gasteiger partial charge in [0.25, 0.3) is 0 Å². The summed E-state index contributed by atoms with van der Waals surface area (Å²) in [4.78, 5) is 11.4. The first-order valence-corrected chi connectivity index (χ1v) is 11.4. The Morgan fingerprint density at radius 3 is 2.40 bits per heavy atom. The second-order valence-corrected chi connectivity index (χ2v) is 10.7. The molecule has 1 saturated heterocycles. The van der Waals surface area contributed by atoms with Gasteiger partial charge in [-0.25, -0.2) is 21.6 Å². The van der Waals surface area contributed by atoms with Crippen molar-refractivity contribution < 1.29 is 26.4 Å². The highest BCUT2D eigenvalue weighted by Crippen LogP contribution is 2.38. The minimum Gasteiger partial charge on any atom is -0.465 e. The van der Waals surface area contributed by atoms with Gasteiger partial charge in [0.05, 0.1) is 29.2 Å². The molecule has 0 radical (unpaired) electrons. The number of rotatable bonds is 5. The highest BCUT2D eigenvalue weighted by molar-refractivity contribution is 7.92. The Morgan fingerprint density at radius 1 is 1.24 bits per heavy atom. The van der Waals surface area contributed by atoms with Gasteiger partial charge in [-0.3, -0.25) is 0 Å². The Balaban J connectivity index is 1.98. The first-order valence-electron chi connectivity index (χ1n) is 7.77. The molecule has 10 heteroatoms. The predicted octanol–water partition coefficient (Wildman–Crippen LogP) is 1.47. The van der Waals surface area contributed by atoms with Crippen LogP contribution in [0.3, 0.4) is 0 Å². The van der Waals surface area contributed by atoms with Gasteiger partial charge in [-0.1, -0.05) is 11.6 Å². The monoisotopic (exact) mass is 407 g/mol. The van der Waals surface area contributed by atoms with E-state index in [0.717, 1.165) is 0 Å². The molecule has 1 aromatic rings. The van der Waals surface area contributed by atoms with E-state index in [1.807, 2.05) is 0 Å². The first kappa shape index (κ1) is 18.6. The van der Waals surface area contributed by atoms with Gasteiger partial charge >= 0.3 is 5.97 Å². The largest absolute Gasteiger partial charge is 0.465 e. The molecule has 1 atom stereocenters. The van der Waals surface area contributed by atoms with Gasteiger partial charge in [-0.2, -0.15) is 4.31 Å². The quantitative estimate of drug-likeness (QED) is 0.685. The number of sulfonamides is 1. The summed E-state index contributed by atoms with van der Waals surface area (Å²) < 4.78 is 55.7. The van der Waals surface area contributed by atoms with Gasteiger partial charge in [0.15, 0.2) is 9.84 Å². The number of carbonyl (C=O) groups is 1. The number of benzene rings is 1. The zero-order valence-corrected chi connectivity index (χ0v) is 15.9. The van der Waals surface area contributed by atoms with Crippen molar-refractivity contribution in [2.45, 2.75) is 36.2 Å². The molecule has 1 aromatic carbocycles. The highest BCUT2D eigenvalue weighted by atomic mass is 35.5. The van der Waals surface area contributed by atoms with Crippen molar-refractivity contribution in [3.8, 4) is 0 Å². The second kappa shape index (κ2) is 6.53. The SMILES string of the molecule is COC(=O)c1ccc(S(=O)(=O)N(C2CC2)[C@H]2CCS(=O)(=O)C2)c(Cl)c1. The summed E-state index contributed by atoms with van der Waals surface area (Å²) in [6.45, 7) is 0. The fourth-order valence-electron chi connectivity index (χ4n) is 3.06. The number of hydrogen-bond acceptors (Lipinski definition) is 6. The Labute approximate surface area is 151 Å². The molecule has 2 aliphatic rings. The van der Waals surface area contributed by atoms with E-state index in [1.54, 1.807) is 0 Å². The lowest BCUT2D eigenvalue weighted by Gasteiger charge is -2.27. The Morgan fingerprint density at radius 2 is 1.92 bits per heavy atom. The minimum absolute atomic E-state index is 0.00851. The smallest absolute Gasteiger partial charge is 0.337 e. The van der Waals surface area contributed by atoms with E-state index in [-0.39, 0.29) is 39.4 Å². The molecule has 2 fully saturated rings. The summed E-state index contributed by atoms with van der Waals surface area (Å²) in [7, 11) is -5.97. The first-order chi connectivity index (χ1) is 11.7. The summed E-state index contributed by atoms with van der Waals surface area (Å²) in [5.41, 5.74) is 0.146. The number of nitrogens with zero attached hydrogens (tertiary/aromatic N) is 1. The van der Waals surface area contributed by atoms with Crippen LogP contribution >= 0.6 is 11.6 Å². The van der Waals surface area contributed by atoms with Gasteiger partial charge in [-0.15, -0.1) is 0 Å². The number of halogens is 1. The van der Waals surface area contributed by atoms with Crippen LogP contribution in [-0.2, 0) is 24.6 Å². The van der Waals surface area contributed by atoms with Gasteiger partial charge in [0.1, 0.15) is 4.90 Å². The van der Waals surface area contributed by atoms with E-state index < -0.39 is 31.9 Å². The van der Waals surface area contributed by atoms with Crippen molar-refractivity contribution in [2.75, 3.05) is 18.6 Å². The van der Waals surface area contributed by atoms with Crippen LogP contribution in [0.1, 0.15) is 29.6 Å². The zero-order valence-electron chi connectivity index (χ0n) is 13.5. The van der Waals surface area contributed by atoms with Crippen LogP contribution in [0, 0.1) is 0 Å². The van der Waals surface area contributed by atoms with Crippen LogP contribution in [0.5, 0.6) is 0 Å². The van der Waals surface area contributed by atoms with Crippen LogP contribution in [0.15, 0.2) is 23.1 Å². The van der Waals surface area contributed by atoms with E-state index in [4.69, 9.17) is 11.6 Å². The third-order valence-corrected chi connectivity index (χ3v) is 8.62. The number of hydrogen-bond donors (Lipinski definition) is 0. The van der Waals surface area contributed by atoms with Gasteiger partial charge in [0.2, 0.25) is 10.0 Å². The van der Waals surface area contributed by atoms with Gasteiger partial charge in [0, 0.05) is 12.1 Å². The lowest BCUT2D eigenvalue weighted by molar-refractivity contribution is 0.0600. The van der Waals surface area contributed by atoms with Crippen LogP contribution in [0.25, 0.3) is 0 Å². The summed E-state index contributed by atoms with van der Waals surface area (Å²) in [6.07, 6.45) is 1.69. The lowest BCUT2D eigenvalue weighted by Crippen LogP contribution is -2.42. The summed E-state index contributed by atoms with van der Waals surface area (Å²) in [5.74, 6) is -0.793. The van der Waals surface area contributed by atoms with E-state index in [0.29, 0.717) is 12.8 Å². The maximum Gasteiger partial charge on any atom is 0.337 e. The maximum absolute atomic E-state index is 13.1. The van der Waals surface area contributed by atoms with Gasteiger partial charge < -0.3 is 4.74 Å². The van der Waals surface area contributed by atoms with Crippen LogP contribution in [0.4, 0.5) is 0 Å². The third kappa shape index (κ3) is 3.69. The molecule has 1 heterocycles. The molecule has 3 rings (SSSR count). The van der Waals surface area contributed by atoms with Crippen LogP contribution in [-0.4, -0.2) is 57.8 Å². The highest BCUT2D eigenvalue weighted by Gasteiger charge is 2.46. The number of sulfone groups is 1. The molecule has 1 aliphatic heterocycles. The fraction of sp³-hybridized carbons (Fsp3) is 0.533. The number of ether oxygens (including phenoxy) is 1. The average molecular weight is 408 g/mol. The maximum atomic E-state index is 13.1. The normalized spacial score (nSPS) is 22.9. The van der Waals surface area contributed by atoms with E-state index >= 15 is 0 Å². The fourth-order valence-corrected chi connectivity index (χ4v) is 7.29. The van der Waals surface area contributed by atoms with Crippen molar-refractivity contribution in [3.05, 3.63) is 28.8 Å². The standard InChI is InChI=1S/C15H18ClNO6S2/c1-23-15(18)10-2-5-14(13(16)8-10)25(21,22)17(11-3-4-11)12-6-7-24(19,20)9-12/h2,5,8,11-12H,3-4,6-7,9H2,1H3/t12-/m0/s1. The van der Waals surface area contributed by atoms with Crippen molar-refractivity contribution in [1.82, 2.24) is 4.31 Å². The van der Waals surface area contributed by atoms with Crippen molar-refractivity contribution >= 4 is 37.4 Å². The molecule has 7 nitrogen and oxygen atoms in total. The molecule has 0 N–H and O–H groups in total. The molecule has 0 unspecified atom stereocenters. The number of methoxy groups -OCH3 is 1. The topological polar surface area (TPSA) is 97.8 Å². The molecule has 0 bridgehead atoms. The molecular weight excluding hydrogens is 390 g/mol. The molecule has 0 aromatic heterocycles. The van der Waals surface area contributed by atoms with E-state index in [2.05, 4.69) is 4.74 Å². The van der Waals surface area contributed by atoms with Crippen LogP contribution < -0.4 is 0 Å². The Hall–Kier alpha value is -1.16. The average Bonchev–Trinajstić information content (AvgIpc) is 3.29. The number of esters is 1. The summed E-state index contributed by atoms with van der Waals surface area (Å²) >= 11 is 6.11. The summed E-state index contributed by atoms with van der Waals surface area (Å²) in [6, 6.07) is 3.08. The van der Waals surface area contributed by atoms with E-state index in [9.17, 15) is 21.6 Å². The summed E-state index contributed by atoms with van der Waals surface area (Å²) in [5, 5.41) is -0.0885. The Bertz CT molecular complexity index is 908. The van der Waals surface area contributed by atoms with Gasteiger partial charge in [-0.05, 0) is 37.5 Å². The van der Waals surface area contributed by atoms with Crippen LogP contribution in [0.2, 0.25) is 5.02 Å². The number of carbonyl (C=O) groups excluding carboxylic acids is 1. The molecule has 0 spiro atoms. The predicted molar refractivity (Wildman–Crippen MR) is 91.9 cm³/mol. The van der Waals surface area contributed by atoms with Crippen molar-refractivity contribution in [2.24, 2.45) is 0 Å². The lowest BCUT2D eigenvalue weighted by atomic mass is 10.2. The second-order valence-electron chi connectivity index (χ2n) is 6.26. The minimum atomic E-state index is -3.97. The van der Waals surface area contributed by atoms with E-state index in [1.165, 1.54) is 29.6 Å². The third-order valence-electron chi connectivity index (χ3n) is 4.38. The zero-order chi connectivity index (χ0) is 18.4. The Kier molecular flexibility index (Phi) is 4.87. The molecule has 1 aliphatic carbocycles. The molecular formula is C15H18ClNO6S2. The van der Waals surface area contributed by atoms with Crippen molar-refractivity contribution in [3.63, 3.8) is 0 Å².